The molecular weight excluding hydrogens is 204 g/mol. The van der Waals surface area contributed by atoms with Crippen LogP contribution in [0, 0.1) is 5.41 Å². The van der Waals surface area contributed by atoms with E-state index < -0.39 is 11.0 Å². The number of hydrogen-bond donors (Lipinski definition) is 2. The van der Waals surface area contributed by atoms with Crippen molar-refractivity contribution in [3.63, 3.8) is 0 Å². The molecule has 0 aromatic rings. The summed E-state index contributed by atoms with van der Waals surface area (Å²) in [4.78, 5) is 13.9. The van der Waals surface area contributed by atoms with E-state index >= 15 is 0 Å². The molecule has 1 atom stereocenters. The van der Waals surface area contributed by atoms with Gasteiger partial charge in [0, 0.05) is 6.79 Å². The third-order valence-electron chi connectivity index (χ3n) is 4.65. The van der Waals surface area contributed by atoms with Crippen LogP contribution in [0.25, 0.3) is 0 Å². The smallest absolute Gasteiger partial charge is 0.238 e. The Hall–Kier alpha value is -0.610. The molecule has 0 aromatic heterocycles. The highest BCUT2D eigenvalue weighted by molar-refractivity contribution is 5.86. The van der Waals surface area contributed by atoms with Crippen molar-refractivity contribution >= 4 is 5.91 Å². The van der Waals surface area contributed by atoms with Gasteiger partial charge in [-0.3, -0.25) is 9.69 Å². The summed E-state index contributed by atoms with van der Waals surface area (Å²) in [5, 5.41) is 9.81. The summed E-state index contributed by atoms with van der Waals surface area (Å²) in [6, 6.07) is 0. The zero-order valence-corrected chi connectivity index (χ0v) is 9.74. The minimum absolute atomic E-state index is 0.00639. The fourth-order valence-electron chi connectivity index (χ4n) is 3.77. The van der Waals surface area contributed by atoms with Crippen LogP contribution in [-0.2, 0) is 4.79 Å². The van der Waals surface area contributed by atoms with E-state index in [2.05, 4.69) is 0 Å². The van der Waals surface area contributed by atoms with E-state index in [1.807, 2.05) is 4.90 Å². The lowest BCUT2D eigenvalue weighted by Gasteiger charge is -2.47. The number of likely N-dealkylation sites (N-methyl/N-ethyl adjacent to an activating group) is 1. The quantitative estimate of drug-likeness (QED) is 0.737. The summed E-state index contributed by atoms with van der Waals surface area (Å²) >= 11 is 0. The van der Waals surface area contributed by atoms with E-state index in [9.17, 15) is 9.90 Å². The Morgan fingerprint density at radius 2 is 2.12 bits per heavy atom. The van der Waals surface area contributed by atoms with Crippen LogP contribution < -0.4 is 5.73 Å². The molecule has 1 aliphatic heterocycles. The van der Waals surface area contributed by atoms with Crippen LogP contribution in [0.5, 0.6) is 0 Å². The molecule has 1 saturated carbocycles. The number of aliphatic hydroxyl groups is 1. The van der Waals surface area contributed by atoms with Gasteiger partial charge in [0.05, 0.1) is 6.61 Å². The fraction of sp³-hybridized carbons (Fsp3) is 0.917. The third-order valence-corrected chi connectivity index (χ3v) is 4.65. The van der Waals surface area contributed by atoms with Gasteiger partial charge in [-0.2, -0.15) is 0 Å². The van der Waals surface area contributed by atoms with Crippen LogP contribution in [0.3, 0.4) is 0 Å². The molecule has 0 unspecified atom stereocenters. The molecule has 0 spiro atoms. The number of rotatable bonds is 3. The molecule has 92 valence electrons. The van der Waals surface area contributed by atoms with E-state index in [1.165, 1.54) is 0 Å². The number of carbonyl (C=O) groups excluding carboxylic acids is 1. The lowest BCUT2D eigenvalue weighted by Crippen LogP contribution is -2.63. The summed E-state index contributed by atoms with van der Waals surface area (Å²) in [5.74, 6) is -0.349. The van der Waals surface area contributed by atoms with E-state index in [0.29, 0.717) is 6.42 Å². The van der Waals surface area contributed by atoms with Crippen LogP contribution in [0.2, 0.25) is 0 Å². The van der Waals surface area contributed by atoms with E-state index in [4.69, 9.17) is 7.10 Å². The first-order chi connectivity index (χ1) is 8.13. The molecule has 4 nitrogen and oxygen atoms in total. The maximum Gasteiger partial charge on any atom is 0.238 e. The second kappa shape index (κ2) is 4.00. The topological polar surface area (TPSA) is 66.6 Å². The monoisotopic (exact) mass is 227 g/mol. The zero-order valence-electron chi connectivity index (χ0n) is 10.7. The third kappa shape index (κ3) is 1.32. The van der Waals surface area contributed by atoms with Gasteiger partial charge < -0.3 is 10.8 Å². The Labute approximate surface area is 98.2 Å². The van der Waals surface area contributed by atoms with E-state index in [1.54, 1.807) is 0 Å². The molecule has 1 saturated heterocycles. The molecule has 3 N–H and O–H groups in total. The highest BCUT2D eigenvalue weighted by Gasteiger charge is 2.59. The van der Waals surface area contributed by atoms with Gasteiger partial charge in [0.25, 0.3) is 0 Å². The molecule has 16 heavy (non-hydrogen) atoms. The summed E-state index contributed by atoms with van der Waals surface area (Å²) in [6.45, 7) is 0.751. The first kappa shape index (κ1) is 10.5. The summed E-state index contributed by atoms with van der Waals surface area (Å²) in [6.07, 6.45) is 5.38. The number of aliphatic hydroxyl groups excluding tert-OH is 1. The highest BCUT2D eigenvalue weighted by Crippen LogP contribution is 2.52. The number of nitrogens with two attached hydrogens (primary N) is 1. The predicted octanol–water partition coefficient (Wildman–Crippen LogP) is 0.489. The Balaban J connectivity index is 2.42. The number of hydrogen-bond acceptors (Lipinski definition) is 3. The molecule has 0 radical (unpaired) electrons. The molecule has 4 heteroatoms. The predicted molar refractivity (Wildman–Crippen MR) is 61.8 cm³/mol. The second-order valence-electron chi connectivity index (χ2n) is 5.24. The van der Waals surface area contributed by atoms with Crippen molar-refractivity contribution in [3.8, 4) is 0 Å². The number of likely N-dealkylation sites (tertiary alicyclic amines) is 1. The zero-order chi connectivity index (χ0) is 12.5. The SMILES string of the molecule is [2H]CN1CCC[C@]1(C(N)=O)C1(CO)CCCC1. The van der Waals surface area contributed by atoms with E-state index in [-0.39, 0.29) is 19.5 Å². The number of amides is 1. The molecule has 2 rings (SSSR count). The average Bonchev–Trinajstić information content (AvgIpc) is 2.96. The van der Waals surface area contributed by atoms with Gasteiger partial charge in [0.2, 0.25) is 5.91 Å². The number of nitrogens with zero attached hydrogens (tertiary/aromatic N) is 1. The first-order valence-corrected chi connectivity index (χ1v) is 6.08. The minimum atomic E-state index is -0.778. The van der Waals surface area contributed by atoms with Gasteiger partial charge in [-0.05, 0) is 39.3 Å². The van der Waals surface area contributed by atoms with Crippen molar-refractivity contribution in [3.05, 3.63) is 0 Å². The highest BCUT2D eigenvalue weighted by atomic mass is 16.3. The van der Waals surface area contributed by atoms with Gasteiger partial charge in [-0.25, -0.2) is 0 Å². The Kier molecular flexibility index (Phi) is 2.64. The van der Waals surface area contributed by atoms with Crippen molar-refractivity contribution in [2.45, 2.75) is 44.1 Å². The molecule has 1 aliphatic carbocycles. The minimum Gasteiger partial charge on any atom is -0.396 e. The van der Waals surface area contributed by atoms with Crippen molar-refractivity contribution in [2.24, 2.45) is 11.1 Å². The maximum atomic E-state index is 12.0. The lowest BCUT2D eigenvalue weighted by atomic mass is 9.66. The van der Waals surface area contributed by atoms with Crippen molar-refractivity contribution in [1.82, 2.24) is 4.90 Å². The van der Waals surface area contributed by atoms with Gasteiger partial charge >= 0.3 is 0 Å². The van der Waals surface area contributed by atoms with Gasteiger partial charge in [-0.1, -0.05) is 12.8 Å². The standard InChI is InChI=1S/C12H22N2O2/c1-14-8-4-7-12(14,10(13)16)11(9-15)5-2-3-6-11/h15H,2-9H2,1H3,(H2,13,16)/t12-/m0/s1/i1D. The normalized spacial score (nSPS) is 35.2. The van der Waals surface area contributed by atoms with Gasteiger partial charge in [-0.15, -0.1) is 0 Å². The molecule has 0 aromatic carbocycles. The molecule has 1 heterocycles. The molecule has 2 aliphatic rings. The van der Waals surface area contributed by atoms with Crippen LogP contribution >= 0.6 is 0 Å². The molecule has 1 amide bonds. The van der Waals surface area contributed by atoms with Gasteiger partial charge in [0.1, 0.15) is 5.54 Å². The second-order valence-corrected chi connectivity index (χ2v) is 5.24. The number of primary amides is 1. The average molecular weight is 227 g/mol. The fourth-order valence-corrected chi connectivity index (χ4v) is 3.77. The van der Waals surface area contributed by atoms with Crippen molar-refractivity contribution in [1.29, 1.82) is 0 Å². The summed E-state index contributed by atoms with van der Waals surface area (Å²) < 4.78 is 7.61. The molecule has 2 fully saturated rings. The lowest BCUT2D eigenvalue weighted by molar-refractivity contribution is -0.139. The van der Waals surface area contributed by atoms with Crippen LogP contribution in [0.4, 0.5) is 0 Å². The Morgan fingerprint density at radius 1 is 1.44 bits per heavy atom. The van der Waals surface area contributed by atoms with Crippen LogP contribution in [-0.4, -0.2) is 41.6 Å². The molecule has 0 bridgehead atoms. The number of carbonyl (C=O) groups is 1. The maximum absolute atomic E-state index is 12.0. The first-order valence-electron chi connectivity index (χ1n) is 6.79. The largest absolute Gasteiger partial charge is 0.396 e. The van der Waals surface area contributed by atoms with E-state index in [0.717, 1.165) is 38.6 Å². The summed E-state index contributed by atoms with van der Waals surface area (Å²) in [7, 11) is 0.0880. The van der Waals surface area contributed by atoms with Crippen molar-refractivity contribution < 1.29 is 11.3 Å². The van der Waals surface area contributed by atoms with Crippen molar-refractivity contribution in [2.75, 3.05) is 20.2 Å². The Bertz CT molecular complexity index is 305. The molecular formula is C12H22N2O2. The van der Waals surface area contributed by atoms with Crippen LogP contribution in [0.15, 0.2) is 0 Å². The summed E-state index contributed by atoms with van der Waals surface area (Å²) in [5.41, 5.74) is 4.48. The van der Waals surface area contributed by atoms with Crippen LogP contribution in [0.1, 0.15) is 39.9 Å². The van der Waals surface area contributed by atoms with Gasteiger partial charge in [0.15, 0.2) is 0 Å². The Morgan fingerprint density at radius 3 is 2.62 bits per heavy atom.